The molecule has 0 spiro atoms. The average molecular weight is 621 g/mol. The number of ether oxygens (including phenoxy) is 2. The highest BCUT2D eigenvalue weighted by molar-refractivity contribution is 6.42. The van der Waals surface area contributed by atoms with Gasteiger partial charge in [0.25, 0.3) is 11.5 Å². The third-order valence-corrected chi connectivity index (χ3v) is 8.52. The molecule has 2 aliphatic heterocycles. The molecule has 0 saturated carbocycles. The molecule has 0 atom stereocenters. The first-order valence-corrected chi connectivity index (χ1v) is 14.9. The number of fused-ring (bicyclic) bond motifs is 1. The second-order valence-electron chi connectivity index (χ2n) is 10.4. The van der Waals surface area contributed by atoms with E-state index in [1.807, 2.05) is 48.5 Å². The smallest absolute Gasteiger partial charge is 0.263 e. The number of benzene rings is 3. The number of methoxy groups -OCH3 is 1. The van der Waals surface area contributed by atoms with Crippen molar-refractivity contribution in [3.8, 4) is 11.4 Å². The third kappa shape index (κ3) is 6.20. The third-order valence-electron chi connectivity index (χ3n) is 7.78. The molecule has 9 nitrogen and oxygen atoms in total. The first-order valence-electron chi connectivity index (χ1n) is 14.1. The van der Waals surface area contributed by atoms with E-state index in [1.165, 1.54) is 0 Å². The van der Waals surface area contributed by atoms with E-state index in [9.17, 15) is 9.59 Å². The number of amides is 1. The molecule has 0 unspecified atom stereocenters. The van der Waals surface area contributed by atoms with E-state index in [1.54, 1.807) is 34.8 Å². The van der Waals surface area contributed by atoms with Gasteiger partial charge in [0.15, 0.2) is 0 Å². The van der Waals surface area contributed by atoms with Crippen LogP contribution in [0.15, 0.2) is 71.5 Å². The highest BCUT2D eigenvalue weighted by Gasteiger charge is 2.27. The van der Waals surface area contributed by atoms with Crippen molar-refractivity contribution in [3.05, 3.63) is 110 Å². The molecule has 0 radical (unpaired) electrons. The standard InChI is InChI=1S/C32H31Cl2N5O4/c1-42-25-9-2-21(3-10-25)19-35-32-36-29-20-38(30(40)22-4-11-27(33)28(34)18-22)13-12-26(29)31(41)39(32)24-7-5-23(6-8-24)37-14-16-43-17-15-37/h2-11,18H,12-17,19-20H2,1H3,(H,35,36). The first-order chi connectivity index (χ1) is 20.9. The number of hydrogen-bond donors (Lipinski definition) is 1. The van der Waals surface area contributed by atoms with Crippen LogP contribution in [0.25, 0.3) is 5.69 Å². The Morgan fingerprint density at radius 1 is 0.953 bits per heavy atom. The quantitative estimate of drug-likeness (QED) is 0.304. The van der Waals surface area contributed by atoms with E-state index in [2.05, 4.69) is 10.2 Å². The molecule has 1 saturated heterocycles. The Balaban J connectivity index is 1.33. The summed E-state index contributed by atoms with van der Waals surface area (Å²) in [5.74, 6) is 0.976. The lowest BCUT2D eigenvalue weighted by Crippen LogP contribution is -2.40. The van der Waals surface area contributed by atoms with Crippen LogP contribution in [0.3, 0.4) is 0 Å². The Kier molecular flexibility index (Phi) is 8.56. The molecule has 1 aromatic heterocycles. The average Bonchev–Trinajstić information content (AvgIpc) is 3.05. The van der Waals surface area contributed by atoms with Crippen LogP contribution in [0.2, 0.25) is 10.0 Å². The molecule has 0 aliphatic carbocycles. The van der Waals surface area contributed by atoms with Crippen LogP contribution >= 0.6 is 23.2 Å². The lowest BCUT2D eigenvalue weighted by Gasteiger charge is -2.30. The fraction of sp³-hybridized carbons (Fsp3) is 0.281. The molecule has 1 fully saturated rings. The highest BCUT2D eigenvalue weighted by atomic mass is 35.5. The molecule has 3 aromatic carbocycles. The molecule has 3 heterocycles. The van der Waals surface area contributed by atoms with Crippen LogP contribution in [-0.4, -0.2) is 60.3 Å². The molecular formula is C32H31Cl2N5O4. The first kappa shape index (κ1) is 29.0. The second kappa shape index (κ2) is 12.7. The summed E-state index contributed by atoms with van der Waals surface area (Å²) in [6, 6.07) is 20.5. The van der Waals surface area contributed by atoms with Crippen molar-refractivity contribution in [3.63, 3.8) is 0 Å². The zero-order valence-electron chi connectivity index (χ0n) is 23.7. The van der Waals surface area contributed by atoms with E-state index in [0.717, 1.165) is 30.1 Å². The van der Waals surface area contributed by atoms with Crippen molar-refractivity contribution >= 4 is 40.7 Å². The van der Waals surface area contributed by atoms with E-state index in [0.29, 0.717) is 71.2 Å². The minimum atomic E-state index is -0.193. The molecule has 4 aromatic rings. The summed E-state index contributed by atoms with van der Waals surface area (Å²) in [6.07, 6.45) is 0.388. The maximum absolute atomic E-state index is 14.0. The molecule has 222 valence electrons. The van der Waals surface area contributed by atoms with Crippen molar-refractivity contribution in [2.45, 2.75) is 19.5 Å². The van der Waals surface area contributed by atoms with Crippen molar-refractivity contribution in [1.82, 2.24) is 14.5 Å². The van der Waals surface area contributed by atoms with Gasteiger partial charge in [0.05, 0.1) is 48.3 Å². The molecule has 43 heavy (non-hydrogen) atoms. The minimum absolute atomic E-state index is 0.150. The summed E-state index contributed by atoms with van der Waals surface area (Å²) < 4.78 is 12.4. The van der Waals surface area contributed by atoms with Crippen molar-refractivity contribution in [2.24, 2.45) is 0 Å². The molecule has 0 bridgehead atoms. The van der Waals surface area contributed by atoms with Gasteiger partial charge >= 0.3 is 0 Å². The number of anilines is 2. The molecule has 2 aliphatic rings. The summed E-state index contributed by atoms with van der Waals surface area (Å²) in [5.41, 5.74) is 4.25. The Morgan fingerprint density at radius 2 is 1.67 bits per heavy atom. The summed E-state index contributed by atoms with van der Waals surface area (Å²) in [4.78, 5) is 36.3. The zero-order valence-corrected chi connectivity index (χ0v) is 25.2. The Hall–Kier alpha value is -4.05. The highest BCUT2D eigenvalue weighted by Crippen LogP contribution is 2.26. The van der Waals surface area contributed by atoms with Gasteiger partial charge in [-0.05, 0) is 66.6 Å². The monoisotopic (exact) mass is 619 g/mol. The van der Waals surface area contributed by atoms with Crippen molar-refractivity contribution in [2.75, 3.05) is 50.2 Å². The van der Waals surface area contributed by atoms with E-state index < -0.39 is 0 Å². The largest absolute Gasteiger partial charge is 0.497 e. The van der Waals surface area contributed by atoms with Crippen LogP contribution in [0, 0.1) is 0 Å². The van der Waals surface area contributed by atoms with Gasteiger partial charge in [-0.25, -0.2) is 9.55 Å². The van der Waals surface area contributed by atoms with Crippen LogP contribution < -0.4 is 20.5 Å². The molecule has 11 heteroatoms. The van der Waals surface area contributed by atoms with Gasteiger partial charge in [0, 0.05) is 43.0 Å². The SMILES string of the molecule is COc1ccc(CNc2nc3c(c(=O)n2-c2ccc(N4CCOCC4)cc2)CCN(C(=O)c2ccc(Cl)c(Cl)c2)C3)cc1. The number of aromatic nitrogens is 2. The number of rotatable bonds is 7. The summed E-state index contributed by atoms with van der Waals surface area (Å²) >= 11 is 12.2. The summed E-state index contributed by atoms with van der Waals surface area (Å²) in [7, 11) is 1.63. The van der Waals surface area contributed by atoms with Crippen molar-refractivity contribution in [1.29, 1.82) is 0 Å². The van der Waals surface area contributed by atoms with Crippen LogP contribution in [-0.2, 0) is 24.2 Å². The second-order valence-corrected chi connectivity index (χ2v) is 11.2. The number of carbonyl (C=O) groups excluding carboxylic acids is 1. The number of halogens is 2. The van der Waals surface area contributed by atoms with Gasteiger partial charge < -0.3 is 24.6 Å². The van der Waals surface area contributed by atoms with E-state index >= 15 is 0 Å². The number of morpholine rings is 1. The summed E-state index contributed by atoms with van der Waals surface area (Å²) in [6.45, 7) is 4.07. The lowest BCUT2D eigenvalue weighted by atomic mass is 10.0. The van der Waals surface area contributed by atoms with Crippen LogP contribution in [0.5, 0.6) is 5.75 Å². The van der Waals surface area contributed by atoms with Gasteiger partial charge in [-0.3, -0.25) is 9.59 Å². The molecule has 1 N–H and O–H groups in total. The van der Waals surface area contributed by atoms with E-state index in [4.69, 9.17) is 37.7 Å². The summed E-state index contributed by atoms with van der Waals surface area (Å²) in [5, 5.41) is 4.07. The predicted octanol–water partition coefficient (Wildman–Crippen LogP) is 5.20. The van der Waals surface area contributed by atoms with Gasteiger partial charge in [-0.1, -0.05) is 35.3 Å². The van der Waals surface area contributed by atoms with Gasteiger partial charge in [0.2, 0.25) is 5.95 Å². The van der Waals surface area contributed by atoms with Gasteiger partial charge in [-0.15, -0.1) is 0 Å². The number of hydrogen-bond acceptors (Lipinski definition) is 7. The Morgan fingerprint density at radius 3 is 2.37 bits per heavy atom. The minimum Gasteiger partial charge on any atom is -0.497 e. The Labute approximate surface area is 259 Å². The van der Waals surface area contributed by atoms with E-state index in [-0.39, 0.29) is 18.0 Å². The van der Waals surface area contributed by atoms with Gasteiger partial charge in [0.1, 0.15) is 5.75 Å². The zero-order chi connectivity index (χ0) is 29.9. The fourth-order valence-corrected chi connectivity index (χ4v) is 5.69. The maximum Gasteiger partial charge on any atom is 0.263 e. The number of nitrogens with zero attached hydrogens (tertiary/aromatic N) is 4. The molecular weight excluding hydrogens is 589 g/mol. The molecule has 1 amide bonds. The topological polar surface area (TPSA) is 88.9 Å². The predicted molar refractivity (Wildman–Crippen MR) is 168 cm³/mol. The van der Waals surface area contributed by atoms with Crippen LogP contribution in [0.1, 0.15) is 27.2 Å². The number of nitrogens with one attached hydrogen (secondary N) is 1. The van der Waals surface area contributed by atoms with Gasteiger partial charge in [-0.2, -0.15) is 0 Å². The number of carbonyl (C=O) groups is 1. The fourth-order valence-electron chi connectivity index (χ4n) is 5.39. The van der Waals surface area contributed by atoms with Crippen LogP contribution in [0.4, 0.5) is 11.6 Å². The van der Waals surface area contributed by atoms with Crippen molar-refractivity contribution < 1.29 is 14.3 Å². The molecule has 6 rings (SSSR count). The maximum atomic E-state index is 14.0. The normalized spacial score (nSPS) is 14.8. The Bertz CT molecular complexity index is 1690. The lowest BCUT2D eigenvalue weighted by molar-refractivity contribution is 0.0731.